The molecule has 0 saturated carbocycles. The first kappa shape index (κ1) is 17.3. The highest BCUT2D eigenvalue weighted by molar-refractivity contribution is 6.30. The summed E-state index contributed by atoms with van der Waals surface area (Å²) in [5, 5.41) is 6.36. The molecule has 1 fully saturated rings. The van der Waals surface area contributed by atoms with Crippen LogP contribution in [0.3, 0.4) is 0 Å². The molecule has 1 heterocycles. The van der Waals surface area contributed by atoms with Crippen molar-refractivity contribution in [1.82, 2.24) is 5.32 Å². The highest BCUT2D eigenvalue weighted by Crippen LogP contribution is 2.23. The SMILES string of the molecule is Cc1cccc(NC(=O)N[C@H]2CC(=O)N(c3ccc(Cl)cc3)C2)c1C. The fourth-order valence-electron chi connectivity index (χ4n) is 2.91. The number of aryl methyl sites for hydroxylation is 1. The third-order valence-electron chi connectivity index (χ3n) is 4.45. The van der Waals surface area contributed by atoms with Gasteiger partial charge in [-0.15, -0.1) is 0 Å². The van der Waals surface area contributed by atoms with Crippen LogP contribution in [-0.4, -0.2) is 24.5 Å². The van der Waals surface area contributed by atoms with Crippen LogP contribution in [0.4, 0.5) is 16.2 Å². The number of hydrogen-bond donors (Lipinski definition) is 2. The van der Waals surface area contributed by atoms with Gasteiger partial charge >= 0.3 is 6.03 Å². The zero-order valence-corrected chi connectivity index (χ0v) is 14.9. The molecule has 2 aromatic carbocycles. The second kappa shape index (κ2) is 7.15. The lowest BCUT2D eigenvalue weighted by Crippen LogP contribution is -2.39. The van der Waals surface area contributed by atoms with E-state index in [1.807, 2.05) is 32.0 Å². The van der Waals surface area contributed by atoms with Crippen LogP contribution < -0.4 is 15.5 Å². The molecule has 3 amide bonds. The maximum atomic E-state index is 12.3. The van der Waals surface area contributed by atoms with Crippen LogP contribution in [0.25, 0.3) is 0 Å². The van der Waals surface area contributed by atoms with Gasteiger partial charge in [0.05, 0.1) is 6.04 Å². The smallest absolute Gasteiger partial charge is 0.319 e. The minimum atomic E-state index is -0.301. The number of nitrogens with one attached hydrogen (secondary N) is 2. The van der Waals surface area contributed by atoms with Gasteiger partial charge in [0.15, 0.2) is 0 Å². The van der Waals surface area contributed by atoms with Gasteiger partial charge in [0.25, 0.3) is 0 Å². The zero-order chi connectivity index (χ0) is 18.0. The Balaban J connectivity index is 1.62. The Hall–Kier alpha value is -2.53. The Labute approximate surface area is 152 Å². The van der Waals surface area contributed by atoms with Gasteiger partial charge < -0.3 is 15.5 Å². The first-order chi connectivity index (χ1) is 11.9. The van der Waals surface area contributed by atoms with Gasteiger partial charge in [-0.3, -0.25) is 4.79 Å². The standard InChI is InChI=1S/C19H20ClN3O2/c1-12-4-3-5-17(13(12)2)22-19(25)21-15-10-18(24)23(11-15)16-8-6-14(20)7-9-16/h3-9,15H,10-11H2,1-2H3,(H2,21,22,25)/t15-/m0/s1. The molecule has 25 heavy (non-hydrogen) atoms. The lowest BCUT2D eigenvalue weighted by Gasteiger charge is -2.18. The molecule has 2 aromatic rings. The van der Waals surface area contributed by atoms with Crippen molar-refractivity contribution in [3.05, 3.63) is 58.6 Å². The molecular weight excluding hydrogens is 338 g/mol. The molecule has 1 aliphatic rings. The molecule has 0 bridgehead atoms. The number of urea groups is 1. The molecule has 0 aliphatic carbocycles. The number of carbonyl (C=O) groups excluding carboxylic acids is 2. The Morgan fingerprint density at radius 1 is 1.16 bits per heavy atom. The van der Waals surface area contributed by atoms with Crippen LogP contribution in [0.1, 0.15) is 17.5 Å². The Morgan fingerprint density at radius 2 is 1.88 bits per heavy atom. The van der Waals surface area contributed by atoms with Crippen molar-refractivity contribution >= 4 is 34.9 Å². The van der Waals surface area contributed by atoms with Crippen LogP contribution >= 0.6 is 11.6 Å². The van der Waals surface area contributed by atoms with E-state index in [-0.39, 0.29) is 24.4 Å². The van der Waals surface area contributed by atoms with Gasteiger partial charge in [0, 0.05) is 29.4 Å². The average molecular weight is 358 g/mol. The highest BCUT2D eigenvalue weighted by atomic mass is 35.5. The van der Waals surface area contributed by atoms with Gasteiger partial charge in [-0.2, -0.15) is 0 Å². The summed E-state index contributed by atoms with van der Waals surface area (Å²) in [6.45, 7) is 4.41. The molecule has 1 atom stereocenters. The molecule has 5 nitrogen and oxygen atoms in total. The summed E-state index contributed by atoms with van der Waals surface area (Å²) < 4.78 is 0. The van der Waals surface area contributed by atoms with Crippen molar-refractivity contribution in [1.29, 1.82) is 0 Å². The quantitative estimate of drug-likeness (QED) is 0.875. The van der Waals surface area contributed by atoms with Crippen molar-refractivity contribution < 1.29 is 9.59 Å². The van der Waals surface area contributed by atoms with E-state index in [1.165, 1.54) is 0 Å². The number of benzene rings is 2. The number of hydrogen-bond acceptors (Lipinski definition) is 2. The van der Waals surface area contributed by atoms with E-state index < -0.39 is 0 Å². The molecule has 0 radical (unpaired) electrons. The van der Waals surface area contributed by atoms with Gasteiger partial charge in [-0.05, 0) is 55.3 Å². The van der Waals surface area contributed by atoms with E-state index >= 15 is 0 Å². The highest BCUT2D eigenvalue weighted by Gasteiger charge is 2.31. The predicted molar refractivity (Wildman–Crippen MR) is 100 cm³/mol. The van der Waals surface area contributed by atoms with Gasteiger partial charge in [-0.1, -0.05) is 23.7 Å². The van der Waals surface area contributed by atoms with Crippen LogP contribution in [0.2, 0.25) is 5.02 Å². The Kier molecular flexibility index (Phi) is 4.95. The van der Waals surface area contributed by atoms with E-state index in [0.29, 0.717) is 11.6 Å². The van der Waals surface area contributed by atoms with Crippen LogP contribution in [0.5, 0.6) is 0 Å². The maximum Gasteiger partial charge on any atom is 0.319 e. The predicted octanol–water partition coefficient (Wildman–Crippen LogP) is 3.88. The zero-order valence-electron chi connectivity index (χ0n) is 14.2. The van der Waals surface area contributed by atoms with E-state index in [2.05, 4.69) is 10.6 Å². The first-order valence-corrected chi connectivity index (χ1v) is 8.51. The largest absolute Gasteiger partial charge is 0.333 e. The van der Waals surface area contributed by atoms with Crippen molar-refractivity contribution in [3.63, 3.8) is 0 Å². The lowest BCUT2D eigenvalue weighted by molar-refractivity contribution is -0.117. The summed E-state index contributed by atoms with van der Waals surface area (Å²) in [6.07, 6.45) is 0.281. The fraction of sp³-hybridized carbons (Fsp3) is 0.263. The van der Waals surface area contributed by atoms with Crippen molar-refractivity contribution in [3.8, 4) is 0 Å². The lowest BCUT2D eigenvalue weighted by atomic mass is 10.1. The summed E-state index contributed by atoms with van der Waals surface area (Å²) in [7, 11) is 0. The first-order valence-electron chi connectivity index (χ1n) is 8.13. The second-order valence-corrected chi connectivity index (χ2v) is 6.66. The van der Waals surface area contributed by atoms with E-state index in [0.717, 1.165) is 22.5 Å². The van der Waals surface area contributed by atoms with E-state index in [9.17, 15) is 9.59 Å². The van der Waals surface area contributed by atoms with Gasteiger partial charge in [0.2, 0.25) is 5.91 Å². The Morgan fingerprint density at radius 3 is 2.60 bits per heavy atom. The van der Waals surface area contributed by atoms with E-state index in [1.54, 1.807) is 29.2 Å². The number of anilines is 2. The van der Waals surface area contributed by atoms with Crippen molar-refractivity contribution in [2.45, 2.75) is 26.3 Å². The van der Waals surface area contributed by atoms with Crippen LogP contribution in [0.15, 0.2) is 42.5 Å². The summed E-state index contributed by atoms with van der Waals surface area (Å²) >= 11 is 5.88. The monoisotopic (exact) mass is 357 g/mol. The molecule has 0 aromatic heterocycles. The molecule has 3 rings (SSSR count). The molecule has 6 heteroatoms. The fourth-order valence-corrected chi connectivity index (χ4v) is 3.03. The summed E-state index contributed by atoms with van der Waals surface area (Å²) in [5.41, 5.74) is 3.70. The molecular formula is C19H20ClN3O2. The topological polar surface area (TPSA) is 61.4 Å². The third-order valence-corrected chi connectivity index (χ3v) is 4.70. The van der Waals surface area contributed by atoms with Crippen molar-refractivity contribution in [2.75, 3.05) is 16.8 Å². The van der Waals surface area contributed by atoms with Crippen LogP contribution in [0, 0.1) is 13.8 Å². The number of nitrogens with zero attached hydrogens (tertiary/aromatic N) is 1. The van der Waals surface area contributed by atoms with Crippen LogP contribution in [-0.2, 0) is 4.79 Å². The normalized spacial score (nSPS) is 16.8. The summed E-state index contributed by atoms with van der Waals surface area (Å²) in [5.74, 6) is -0.0145. The molecule has 130 valence electrons. The molecule has 1 aliphatic heterocycles. The number of halogens is 1. The van der Waals surface area contributed by atoms with Crippen molar-refractivity contribution in [2.24, 2.45) is 0 Å². The number of rotatable bonds is 3. The summed E-state index contributed by atoms with van der Waals surface area (Å²) in [4.78, 5) is 26.2. The molecule has 1 saturated heterocycles. The minimum Gasteiger partial charge on any atom is -0.333 e. The average Bonchev–Trinajstić information content (AvgIpc) is 2.93. The second-order valence-electron chi connectivity index (χ2n) is 6.23. The molecule has 0 spiro atoms. The molecule has 2 N–H and O–H groups in total. The third kappa shape index (κ3) is 3.94. The molecule has 0 unspecified atom stereocenters. The number of amides is 3. The maximum absolute atomic E-state index is 12.3. The Bertz CT molecular complexity index is 805. The number of carbonyl (C=O) groups is 2. The summed E-state index contributed by atoms with van der Waals surface area (Å²) in [6, 6.07) is 12.3. The van der Waals surface area contributed by atoms with Gasteiger partial charge in [0.1, 0.15) is 0 Å². The minimum absolute atomic E-state index is 0.0145. The van der Waals surface area contributed by atoms with E-state index in [4.69, 9.17) is 11.6 Å². The van der Waals surface area contributed by atoms with Gasteiger partial charge in [-0.25, -0.2) is 4.79 Å².